The van der Waals surface area contributed by atoms with Gasteiger partial charge in [0.2, 0.25) is 0 Å². The van der Waals surface area contributed by atoms with Crippen LogP contribution in [0.3, 0.4) is 0 Å². The molecule has 0 radical (unpaired) electrons. The van der Waals surface area contributed by atoms with Crippen LogP contribution in [0.2, 0.25) is 0 Å². The topological polar surface area (TPSA) is 78.7 Å². The Kier molecular flexibility index (Phi) is 7.78. The number of hydrazine groups is 1. The molecule has 1 aliphatic heterocycles. The van der Waals surface area contributed by atoms with Gasteiger partial charge < -0.3 is 10.8 Å². The molecule has 5 nitrogen and oxygen atoms in total. The van der Waals surface area contributed by atoms with Crippen molar-refractivity contribution in [1.82, 2.24) is 4.90 Å². The van der Waals surface area contributed by atoms with Crippen LogP contribution >= 0.6 is 0 Å². The van der Waals surface area contributed by atoms with E-state index >= 15 is 0 Å². The van der Waals surface area contributed by atoms with E-state index < -0.39 is 0 Å². The SMILES string of the molecule is Cc1ccc(N(N)/C(Cc2ccc(-c3ccc(O)cc3)cc2)=C(\N)CCN2CCc3ccccc3C2)cc1. The number of rotatable bonds is 8. The van der Waals surface area contributed by atoms with Gasteiger partial charge in [0.25, 0.3) is 0 Å². The number of benzene rings is 4. The van der Waals surface area contributed by atoms with Crippen molar-refractivity contribution >= 4 is 5.69 Å². The van der Waals surface area contributed by atoms with Crippen molar-refractivity contribution in [3.05, 3.63) is 131 Å². The summed E-state index contributed by atoms with van der Waals surface area (Å²) < 4.78 is 0. The van der Waals surface area contributed by atoms with Gasteiger partial charge in [0.1, 0.15) is 5.75 Å². The van der Waals surface area contributed by atoms with Crippen molar-refractivity contribution in [2.45, 2.75) is 32.7 Å². The number of phenols is 1. The van der Waals surface area contributed by atoms with Gasteiger partial charge in [0.15, 0.2) is 0 Å². The molecule has 0 fully saturated rings. The predicted molar refractivity (Wildman–Crippen MR) is 156 cm³/mol. The first-order chi connectivity index (χ1) is 18.5. The molecule has 1 heterocycles. The molecule has 0 bridgehead atoms. The zero-order valence-electron chi connectivity index (χ0n) is 22.0. The molecule has 0 saturated carbocycles. The molecular formula is C33H36N4O. The van der Waals surface area contributed by atoms with Gasteiger partial charge in [-0.15, -0.1) is 0 Å². The highest BCUT2D eigenvalue weighted by molar-refractivity contribution is 5.64. The second kappa shape index (κ2) is 11.5. The van der Waals surface area contributed by atoms with E-state index in [1.807, 2.05) is 24.3 Å². The number of hydrogen-bond acceptors (Lipinski definition) is 5. The monoisotopic (exact) mass is 504 g/mol. The van der Waals surface area contributed by atoms with Gasteiger partial charge in [-0.2, -0.15) is 0 Å². The van der Waals surface area contributed by atoms with Gasteiger partial charge in [0.05, 0.1) is 11.4 Å². The molecule has 194 valence electrons. The molecule has 0 atom stereocenters. The van der Waals surface area contributed by atoms with E-state index in [9.17, 15) is 5.11 Å². The Labute approximate surface area is 225 Å². The molecule has 5 heteroatoms. The van der Waals surface area contributed by atoms with E-state index in [1.165, 1.54) is 16.7 Å². The van der Waals surface area contributed by atoms with E-state index in [-0.39, 0.29) is 5.75 Å². The molecule has 0 spiro atoms. The largest absolute Gasteiger partial charge is 0.508 e. The van der Waals surface area contributed by atoms with E-state index in [2.05, 4.69) is 72.5 Å². The van der Waals surface area contributed by atoms with Crippen molar-refractivity contribution in [2.24, 2.45) is 11.6 Å². The Bertz CT molecular complexity index is 1390. The second-order valence-electron chi connectivity index (χ2n) is 10.1. The van der Waals surface area contributed by atoms with Crippen LogP contribution in [0.15, 0.2) is 108 Å². The Hall–Kier alpha value is -4.06. The average molecular weight is 505 g/mol. The Morgan fingerprint density at radius 1 is 0.842 bits per heavy atom. The number of fused-ring (bicyclic) bond motifs is 1. The van der Waals surface area contributed by atoms with Gasteiger partial charge in [0, 0.05) is 38.2 Å². The molecule has 1 aliphatic rings. The van der Waals surface area contributed by atoms with E-state index in [0.717, 1.165) is 66.2 Å². The summed E-state index contributed by atoms with van der Waals surface area (Å²) in [6.45, 7) is 4.97. The number of phenolic OH excluding ortho intramolecular Hbond substituents is 1. The van der Waals surface area contributed by atoms with Crippen LogP contribution in [-0.4, -0.2) is 23.1 Å². The third-order valence-corrected chi connectivity index (χ3v) is 7.41. The van der Waals surface area contributed by atoms with E-state index in [4.69, 9.17) is 11.6 Å². The lowest BCUT2D eigenvalue weighted by molar-refractivity contribution is 0.256. The summed E-state index contributed by atoms with van der Waals surface area (Å²) in [5.41, 5.74) is 16.8. The molecule has 0 aliphatic carbocycles. The summed E-state index contributed by atoms with van der Waals surface area (Å²) in [6, 6.07) is 32.6. The van der Waals surface area contributed by atoms with Crippen molar-refractivity contribution in [1.29, 1.82) is 0 Å². The maximum Gasteiger partial charge on any atom is 0.115 e. The lowest BCUT2D eigenvalue weighted by Crippen LogP contribution is -2.35. The standard InChI is InChI=1S/C33H36N4O/c1-24-6-14-30(15-7-24)37(35)33(22-25-8-10-27(11-9-25)28-12-16-31(38)17-13-28)32(34)19-21-36-20-18-26-4-2-3-5-29(26)23-36/h2-17,38H,18-23,34-35H2,1H3/b33-32-. The fourth-order valence-electron chi connectivity index (χ4n) is 5.04. The average Bonchev–Trinajstić information content (AvgIpc) is 2.95. The lowest BCUT2D eigenvalue weighted by Gasteiger charge is -2.30. The minimum Gasteiger partial charge on any atom is -0.508 e. The first-order valence-corrected chi connectivity index (χ1v) is 13.2. The highest BCUT2D eigenvalue weighted by Gasteiger charge is 2.18. The van der Waals surface area contributed by atoms with Crippen LogP contribution < -0.4 is 16.6 Å². The van der Waals surface area contributed by atoms with Crippen molar-refractivity contribution < 1.29 is 5.11 Å². The van der Waals surface area contributed by atoms with Gasteiger partial charge >= 0.3 is 0 Å². The number of nitrogens with zero attached hydrogens (tertiary/aromatic N) is 2. The Morgan fingerprint density at radius 2 is 1.47 bits per heavy atom. The number of allylic oxidation sites excluding steroid dienone is 1. The Morgan fingerprint density at radius 3 is 2.16 bits per heavy atom. The highest BCUT2D eigenvalue weighted by atomic mass is 16.3. The summed E-state index contributed by atoms with van der Waals surface area (Å²) in [5, 5.41) is 11.3. The van der Waals surface area contributed by atoms with Crippen molar-refractivity contribution in [3.8, 4) is 16.9 Å². The fourth-order valence-corrected chi connectivity index (χ4v) is 5.04. The Balaban J connectivity index is 1.35. The van der Waals surface area contributed by atoms with Gasteiger partial charge in [-0.25, -0.2) is 5.84 Å². The van der Waals surface area contributed by atoms with Crippen LogP contribution in [0, 0.1) is 6.92 Å². The van der Waals surface area contributed by atoms with Gasteiger partial charge in [-0.3, -0.25) is 9.91 Å². The van der Waals surface area contributed by atoms with Gasteiger partial charge in [-0.05, 0) is 65.4 Å². The predicted octanol–water partition coefficient (Wildman–Crippen LogP) is 5.91. The zero-order chi connectivity index (χ0) is 26.5. The molecule has 5 rings (SSSR count). The maximum absolute atomic E-state index is 9.59. The second-order valence-corrected chi connectivity index (χ2v) is 10.1. The molecule has 0 saturated heterocycles. The molecular weight excluding hydrogens is 468 g/mol. The fraction of sp³-hybridized carbons (Fsp3) is 0.212. The van der Waals surface area contributed by atoms with E-state index in [1.54, 1.807) is 17.1 Å². The van der Waals surface area contributed by atoms with Crippen molar-refractivity contribution in [2.75, 3.05) is 18.1 Å². The van der Waals surface area contributed by atoms with Crippen LogP contribution in [-0.2, 0) is 19.4 Å². The number of aryl methyl sites for hydroxylation is 1. The number of nitrogens with two attached hydrogens (primary N) is 2. The van der Waals surface area contributed by atoms with E-state index in [0.29, 0.717) is 6.42 Å². The first kappa shape index (κ1) is 25.6. The minimum absolute atomic E-state index is 0.267. The van der Waals surface area contributed by atoms with Crippen molar-refractivity contribution in [3.63, 3.8) is 0 Å². The molecule has 5 N–H and O–H groups in total. The lowest BCUT2D eigenvalue weighted by atomic mass is 9.99. The number of hydrogen-bond donors (Lipinski definition) is 3. The molecule has 0 amide bonds. The zero-order valence-corrected chi connectivity index (χ0v) is 22.0. The van der Waals surface area contributed by atoms with Gasteiger partial charge in [-0.1, -0.05) is 78.4 Å². The normalized spacial score (nSPS) is 14.1. The minimum atomic E-state index is 0.267. The molecule has 4 aromatic rings. The molecule has 0 aromatic heterocycles. The molecule has 0 unspecified atom stereocenters. The van der Waals surface area contributed by atoms with Crippen LogP contribution in [0.4, 0.5) is 5.69 Å². The summed E-state index contributed by atoms with van der Waals surface area (Å²) in [4.78, 5) is 2.48. The summed E-state index contributed by atoms with van der Waals surface area (Å²) in [5.74, 6) is 6.97. The third-order valence-electron chi connectivity index (χ3n) is 7.41. The van der Waals surface area contributed by atoms with Crippen LogP contribution in [0.25, 0.3) is 11.1 Å². The van der Waals surface area contributed by atoms with Crippen LogP contribution in [0.5, 0.6) is 5.75 Å². The molecule has 4 aromatic carbocycles. The number of anilines is 1. The highest BCUT2D eigenvalue weighted by Crippen LogP contribution is 2.26. The summed E-state index contributed by atoms with van der Waals surface area (Å²) in [6.07, 6.45) is 2.46. The van der Waals surface area contributed by atoms with Crippen LogP contribution in [0.1, 0.15) is 28.7 Å². The molecule has 38 heavy (non-hydrogen) atoms. The quantitative estimate of drug-likeness (QED) is 0.205. The summed E-state index contributed by atoms with van der Waals surface area (Å²) in [7, 11) is 0. The first-order valence-electron chi connectivity index (χ1n) is 13.2. The third kappa shape index (κ3) is 6.08. The maximum atomic E-state index is 9.59. The summed E-state index contributed by atoms with van der Waals surface area (Å²) >= 11 is 0. The smallest absolute Gasteiger partial charge is 0.115 e. The number of aromatic hydroxyl groups is 1.